The highest BCUT2D eigenvalue weighted by atomic mass is 32.2. The lowest BCUT2D eigenvalue weighted by atomic mass is 9.93. The molecule has 2 rings (SSSR count). The second-order valence-corrected chi connectivity index (χ2v) is 6.71. The summed E-state index contributed by atoms with van der Waals surface area (Å²) in [6.45, 7) is 2.91. The number of nitrogens with one attached hydrogen (secondary N) is 1. The standard InChI is InChI=1S/C14H22N2OS2/c1-15-7-3-11-4-8-16(9-5-11)14(17)13-12(18-2)6-10-19-13/h6,10-11,15H,3-5,7-9H2,1-2H3. The molecule has 0 radical (unpaired) electrons. The zero-order chi connectivity index (χ0) is 13.7. The van der Waals surface area contributed by atoms with E-state index in [4.69, 9.17) is 0 Å². The minimum atomic E-state index is 0.228. The van der Waals surface area contributed by atoms with Gasteiger partial charge in [0.05, 0.1) is 0 Å². The average Bonchev–Trinajstić information content (AvgIpc) is 2.93. The number of amides is 1. The molecule has 0 aromatic carbocycles. The Morgan fingerprint density at radius 1 is 1.53 bits per heavy atom. The second-order valence-electron chi connectivity index (χ2n) is 4.95. The molecule has 0 saturated carbocycles. The van der Waals surface area contributed by atoms with Crippen LogP contribution < -0.4 is 5.32 Å². The van der Waals surface area contributed by atoms with E-state index in [1.807, 2.05) is 29.6 Å². The lowest BCUT2D eigenvalue weighted by Crippen LogP contribution is -2.38. The number of hydrogen-bond donors (Lipinski definition) is 1. The summed E-state index contributed by atoms with van der Waals surface area (Å²) in [7, 11) is 2.00. The first kappa shape index (κ1) is 14.9. The molecule has 1 amide bonds. The Labute approximate surface area is 123 Å². The molecule has 1 saturated heterocycles. The SMILES string of the molecule is CNCCC1CCN(C(=O)c2sccc2SC)CC1. The van der Waals surface area contributed by atoms with E-state index >= 15 is 0 Å². The average molecular weight is 298 g/mol. The third kappa shape index (κ3) is 3.74. The van der Waals surface area contributed by atoms with Gasteiger partial charge in [0.1, 0.15) is 4.88 Å². The molecule has 0 unspecified atom stereocenters. The largest absolute Gasteiger partial charge is 0.338 e. The van der Waals surface area contributed by atoms with Gasteiger partial charge >= 0.3 is 0 Å². The predicted octanol–water partition coefficient (Wildman–Crippen LogP) is 2.93. The van der Waals surface area contributed by atoms with E-state index in [0.717, 1.165) is 48.2 Å². The first-order valence-corrected chi connectivity index (χ1v) is 8.92. The monoisotopic (exact) mass is 298 g/mol. The van der Waals surface area contributed by atoms with Crippen molar-refractivity contribution in [1.82, 2.24) is 10.2 Å². The van der Waals surface area contributed by atoms with Crippen molar-refractivity contribution in [3.63, 3.8) is 0 Å². The lowest BCUT2D eigenvalue weighted by Gasteiger charge is -2.32. The van der Waals surface area contributed by atoms with Crippen molar-refractivity contribution >= 4 is 29.0 Å². The van der Waals surface area contributed by atoms with Gasteiger partial charge in [0, 0.05) is 18.0 Å². The van der Waals surface area contributed by atoms with E-state index in [-0.39, 0.29) is 5.91 Å². The first-order chi connectivity index (χ1) is 9.26. The Kier molecular flexibility index (Phi) is 5.73. The highest BCUT2D eigenvalue weighted by molar-refractivity contribution is 7.98. The Morgan fingerprint density at radius 2 is 2.26 bits per heavy atom. The number of thiophene rings is 1. The van der Waals surface area contributed by atoms with E-state index in [1.165, 1.54) is 6.42 Å². The maximum atomic E-state index is 12.5. The molecule has 1 aromatic rings. The summed E-state index contributed by atoms with van der Waals surface area (Å²) in [6.07, 6.45) is 5.55. The third-order valence-electron chi connectivity index (χ3n) is 3.75. The molecule has 1 aliphatic rings. The minimum absolute atomic E-state index is 0.228. The van der Waals surface area contributed by atoms with Crippen molar-refractivity contribution < 1.29 is 4.79 Å². The number of carbonyl (C=O) groups excluding carboxylic acids is 1. The lowest BCUT2D eigenvalue weighted by molar-refractivity contribution is 0.0689. The number of likely N-dealkylation sites (tertiary alicyclic amines) is 1. The Bertz CT molecular complexity index is 411. The summed E-state index contributed by atoms with van der Waals surface area (Å²) in [5, 5.41) is 5.22. The molecule has 106 valence electrons. The molecule has 1 fully saturated rings. The fraction of sp³-hybridized carbons (Fsp3) is 0.643. The summed E-state index contributed by atoms with van der Waals surface area (Å²) in [4.78, 5) is 16.5. The molecule has 1 N–H and O–H groups in total. The van der Waals surface area contributed by atoms with E-state index in [1.54, 1.807) is 23.1 Å². The fourth-order valence-electron chi connectivity index (χ4n) is 2.53. The van der Waals surface area contributed by atoms with E-state index < -0.39 is 0 Å². The molecule has 0 spiro atoms. The summed E-state index contributed by atoms with van der Waals surface area (Å²) in [5.41, 5.74) is 0. The summed E-state index contributed by atoms with van der Waals surface area (Å²) in [6, 6.07) is 2.04. The molecule has 5 heteroatoms. The van der Waals surface area contributed by atoms with Crippen molar-refractivity contribution in [1.29, 1.82) is 0 Å². The van der Waals surface area contributed by atoms with Crippen LogP contribution in [0.5, 0.6) is 0 Å². The van der Waals surface area contributed by atoms with Crippen molar-refractivity contribution in [3.05, 3.63) is 16.3 Å². The Balaban J connectivity index is 1.89. The number of piperidine rings is 1. The molecule has 19 heavy (non-hydrogen) atoms. The van der Waals surface area contributed by atoms with Gasteiger partial charge in [-0.2, -0.15) is 0 Å². The van der Waals surface area contributed by atoms with Gasteiger partial charge in [-0.25, -0.2) is 0 Å². The molecule has 0 atom stereocenters. The molecule has 1 aromatic heterocycles. The quantitative estimate of drug-likeness (QED) is 0.848. The third-order valence-corrected chi connectivity index (χ3v) is 5.56. The predicted molar refractivity (Wildman–Crippen MR) is 83.3 cm³/mol. The summed E-state index contributed by atoms with van der Waals surface area (Å²) < 4.78 is 0. The van der Waals surface area contributed by atoms with Crippen molar-refractivity contribution in [3.8, 4) is 0 Å². The zero-order valence-electron chi connectivity index (χ0n) is 11.6. The van der Waals surface area contributed by atoms with Gasteiger partial charge < -0.3 is 10.2 Å². The van der Waals surface area contributed by atoms with Crippen LogP contribution >= 0.6 is 23.1 Å². The van der Waals surface area contributed by atoms with Crippen molar-refractivity contribution in [2.75, 3.05) is 32.9 Å². The smallest absolute Gasteiger partial charge is 0.265 e. The van der Waals surface area contributed by atoms with Crippen LogP contribution in [0.1, 0.15) is 28.9 Å². The van der Waals surface area contributed by atoms with Crippen LogP contribution in [0, 0.1) is 5.92 Å². The van der Waals surface area contributed by atoms with Gasteiger partial charge in [0.15, 0.2) is 0 Å². The molecule has 0 aliphatic carbocycles. The Hall–Kier alpha value is -0.520. The molecule has 2 heterocycles. The number of thioether (sulfide) groups is 1. The molecular weight excluding hydrogens is 276 g/mol. The van der Waals surface area contributed by atoms with Crippen LogP contribution in [0.3, 0.4) is 0 Å². The fourth-order valence-corrected chi connectivity index (χ4v) is 4.24. The highest BCUT2D eigenvalue weighted by Gasteiger charge is 2.25. The van der Waals surface area contributed by atoms with Crippen molar-refractivity contribution in [2.45, 2.75) is 24.2 Å². The Morgan fingerprint density at radius 3 is 2.89 bits per heavy atom. The van der Waals surface area contributed by atoms with Gasteiger partial charge in [0.25, 0.3) is 5.91 Å². The molecule has 1 aliphatic heterocycles. The number of hydrogen-bond acceptors (Lipinski definition) is 4. The van der Waals surface area contributed by atoms with Gasteiger partial charge in [-0.3, -0.25) is 4.79 Å². The van der Waals surface area contributed by atoms with Crippen LogP contribution in [0.2, 0.25) is 0 Å². The highest BCUT2D eigenvalue weighted by Crippen LogP contribution is 2.29. The first-order valence-electron chi connectivity index (χ1n) is 6.81. The number of rotatable bonds is 5. The summed E-state index contributed by atoms with van der Waals surface area (Å²) >= 11 is 3.23. The normalized spacial score (nSPS) is 16.8. The maximum absolute atomic E-state index is 12.5. The van der Waals surface area contributed by atoms with Crippen LogP contribution in [-0.2, 0) is 0 Å². The van der Waals surface area contributed by atoms with Crippen LogP contribution in [-0.4, -0.2) is 43.7 Å². The minimum Gasteiger partial charge on any atom is -0.338 e. The number of nitrogens with zero attached hydrogens (tertiary/aromatic N) is 1. The number of carbonyl (C=O) groups is 1. The second kappa shape index (κ2) is 7.31. The van der Waals surface area contributed by atoms with Gasteiger partial charge in [-0.1, -0.05) is 0 Å². The van der Waals surface area contributed by atoms with E-state index in [0.29, 0.717) is 0 Å². The van der Waals surface area contributed by atoms with Gasteiger partial charge in [-0.15, -0.1) is 23.1 Å². The molecule has 3 nitrogen and oxygen atoms in total. The van der Waals surface area contributed by atoms with Gasteiger partial charge in [0.2, 0.25) is 0 Å². The maximum Gasteiger partial charge on any atom is 0.265 e. The van der Waals surface area contributed by atoms with Crippen LogP contribution in [0.4, 0.5) is 0 Å². The van der Waals surface area contributed by atoms with Crippen LogP contribution in [0.15, 0.2) is 16.3 Å². The summed E-state index contributed by atoms with van der Waals surface area (Å²) in [5.74, 6) is 1.01. The van der Waals surface area contributed by atoms with Gasteiger partial charge in [-0.05, 0) is 56.5 Å². The van der Waals surface area contributed by atoms with E-state index in [9.17, 15) is 4.79 Å². The zero-order valence-corrected chi connectivity index (χ0v) is 13.3. The topological polar surface area (TPSA) is 32.3 Å². The molecule has 0 bridgehead atoms. The molecular formula is C14H22N2OS2. The van der Waals surface area contributed by atoms with E-state index in [2.05, 4.69) is 5.32 Å². The van der Waals surface area contributed by atoms with Crippen LogP contribution in [0.25, 0.3) is 0 Å². The van der Waals surface area contributed by atoms with Crippen molar-refractivity contribution in [2.24, 2.45) is 5.92 Å².